The van der Waals surface area contributed by atoms with Crippen LogP contribution in [-0.4, -0.2) is 11.5 Å². The fraction of sp³-hybridized carbons (Fsp3) is 0.333. The molecule has 0 amide bonds. The minimum absolute atomic E-state index is 0.821. The zero-order valence-corrected chi connectivity index (χ0v) is 4.85. The highest BCUT2D eigenvalue weighted by molar-refractivity contribution is 5.18. The first-order valence-corrected chi connectivity index (χ1v) is 2.88. The maximum atomic E-state index is 5.04. The van der Waals surface area contributed by atoms with Gasteiger partial charge in [-0.3, -0.25) is 0 Å². The van der Waals surface area contributed by atoms with Gasteiger partial charge in [0.05, 0.1) is 0 Å². The van der Waals surface area contributed by atoms with Crippen molar-refractivity contribution in [1.29, 1.82) is 0 Å². The van der Waals surface area contributed by atoms with Crippen LogP contribution >= 0.6 is 0 Å². The van der Waals surface area contributed by atoms with Crippen molar-refractivity contribution in [2.45, 2.75) is 6.42 Å². The molecule has 1 aromatic heterocycles. The first kappa shape index (κ1) is 4.99. The lowest BCUT2D eigenvalue weighted by Crippen LogP contribution is -2.20. The SMILES string of the molecule is [C]1NCCc2ocnc21. The lowest BCUT2D eigenvalue weighted by Gasteiger charge is -2.06. The van der Waals surface area contributed by atoms with Crippen molar-refractivity contribution in [2.75, 3.05) is 6.54 Å². The summed E-state index contributed by atoms with van der Waals surface area (Å²) in [4.78, 5) is 3.92. The molecule has 1 aliphatic heterocycles. The van der Waals surface area contributed by atoms with Gasteiger partial charge in [0.2, 0.25) is 0 Å². The van der Waals surface area contributed by atoms with Gasteiger partial charge in [0.1, 0.15) is 18.0 Å². The number of aromatic nitrogens is 1. The van der Waals surface area contributed by atoms with Crippen LogP contribution in [0.2, 0.25) is 0 Å². The molecule has 0 fully saturated rings. The van der Waals surface area contributed by atoms with Crippen LogP contribution in [0, 0.1) is 6.54 Å². The minimum atomic E-state index is 0.821. The molecule has 0 bridgehead atoms. The molecule has 3 nitrogen and oxygen atoms in total. The molecule has 0 saturated heterocycles. The first-order chi connectivity index (χ1) is 4.47. The van der Waals surface area contributed by atoms with Gasteiger partial charge in [-0.25, -0.2) is 4.98 Å². The van der Waals surface area contributed by atoms with Crippen molar-refractivity contribution in [3.8, 4) is 0 Å². The van der Waals surface area contributed by atoms with E-state index in [4.69, 9.17) is 4.42 Å². The van der Waals surface area contributed by atoms with E-state index >= 15 is 0 Å². The summed E-state index contributed by atoms with van der Waals surface area (Å²) >= 11 is 0. The molecule has 2 radical (unpaired) electrons. The highest BCUT2D eigenvalue weighted by atomic mass is 16.3. The summed E-state index contributed by atoms with van der Waals surface area (Å²) in [6, 6.07) is 0. The first-order valence-electron chi connectivity index (χ1n) is 2.88. The van der Waals surface area contributed by atoms with Crippen LogP contribution in [0.5, 0.6) is 0 Å². The second-order valence-electron chi connectivity index (χ2n) is 1.93. The summed E-state index contributed by atoms with van der Waals surface area (Å²) in [5, 5.41) is 2.95. The second kappa shape index (κ2) is 1.84. The van der Waals surface area contributed by atoms with Crippen LogP contribution in [0.15, 0.2) is 10.8 Å². The van der Waals surface area contributed by atoms with Crippen LogP contribution in [0.4, 0.5) is 0 Å². The Balaban J connectivity index is 2.39. The molecular formula is C6H6N2O. The van der Waals surface area contributed by atoms with Gasteiger partial charge < -0.3 is 9.73 Å². The van der Waals surface area contributed by atoms with E-state index in [2.05, 4.69) is 16.8 Å². The zero-order chi connectivity index (χ0) is 6.10. The molecule has 0 aliphatic carbocycles. The largest absolute Gasteiger partial charge is 0.448 e. The normalized spacial score (nSPS) is 17.3. The Morgan fingerprint density at radius 3 is 3.67 bits per heavy atom. The van der Waals surface area contributed by atoms with E-state index in [0.29, 0.717) is 0 Å². The topological polar surface area (TPSA) is 38.1 Å². The smallest absolute Gasteiger partial charge is 0.181 e. The molecule has 1 aromatic rings. The third kappa shape index (κ3) is 0.733. The summed E-state index contributed by atoms with van der Waals surface area (Å²) in [5.41, 5.74) is 0.821. The van der Waals surface area contributed by atoms with Gasteiger partial charge in [-0.05, 0) is 0 Å². The van der Waals surface area contributed by atoms with Gasteiger partial charge in [-0.1, -0.05) is 0 Å². The predicted molar refractivity (Wildman–Crippen MR) is 30.6 cm³/mol. The molecular weight excluding hydrogens is 116 g/mol. The summed E-state index contributed by atoms with van der Waals surface area (Å²) < 4.78 is 5.04. The number of hydrogen-bond donors (Lipinski definition) is 1. The number of nitrogens with one attached hydrogen (secondary N) is 1. The third-order valence-electron chi connectivity index (χ3n) is 1.32. The fourth-order valence-corrected chi connectivity index (χ4v) is 0.872. The third-order valence-corrected chi connectivity index (χ3v) is 1.32. The van der Waals surface area contributed by atoms with Crippen LogP contribution in [0.1, 0.15) is 11.5 Å². The molecule has 0 unspecified atom stereocenters. The van der Waals surface area contributed by atoms with Gasteiger partial charge in [0.15, 0.2) is 6.39 Å². The lowest BCUT2D eigenvalue weighted by atomic mass is 10.2. The molecule has 1 aliphatic rings. The number of oxazole rings is 1. The molecule has 0 saturated carbocycles. The predicted octanol–water partition coefficient (Wildman–Crippen LogP) is 0.207. The van der Waals surface area contributed by atoms with E-state index in [9.17, 15) is 0 Å². The van der Waals surface area contributed by atoms with Crippen molar-refractivity contribution in [3.05, 3.63) is 24.4 Å². The summed E-state index contributed by atoms with van der Waals surface area (Å²) in [6.07, 6.45) is 2.37. The van der Waals surface area contributed by atoms with Crippen LogP contribution in [0.3, 0.4) is 0 Å². The summed E-state index contributed by atoms with van der Waals surface area (Å²) in [5.74, 6) is 0.939. The quantitative estimate of drug-likeness (QED) is 0.534. The molecule has 9 heavy (non-hydrogen) atoms. The second-order valence-corrected chi connectivity index (χ2v) is 1.93. The van der Waals surface area contributed by atoms with E-state index in [1.165, 1.54) is 6.39 Å². The average molecular weight is 122 g/mol. The van der Waals surface area contributed by atoms with Crippen molar-refractivity contribution in [1.82, 2.24) is 10.3 Å². The monoisotopic (exact) mass is 122 g/mol. The van der Waals surface area contributed by atoms with Gasteiger partial charge >= 0.3 is 0 Å². The van der Waals surface area contributed by atoms with Crippen LogP contribution in [0.25, 0.3) is 0 Å². The average Bonchev–Trinajstić information content (AvgIpc) is 2.33. The molecule has 0 atom stereocenters. The van der Waals surface area contributed by atoms with Gasteiger partial charge in [-0.15, -0.1) is 0 Å². The van der Waals surface area contributed by atoms with E-state index < -0.39 is 0 Å². The summed E-state index contributed by atoms with van der Waals surface area (Å²) in [7, 11) is 0. The van der Waals surface area contributed by atoms with E-state index in [0.717, 1.165) is 24.4 Å². The standard InChI is InChI=1S/C6H6N2O/c1-2-7-3-5-6(1)9-4-8-5/h4,7H,1-2H2. The van der Waals surface area contributed by atoms with E-state index in [1.54, 1.807) is 0 Å². The van der Waals surface area contributed by atoms with E-state index in [-0.39, 0.29) is 0 Å². The Labute approximate surface area is 53.1 Å². The highest BCUT2D eigenvalue weighted by Gasteiger charge is 2.12. The fourth-order valence-electron chi connectivity index (χ4n) is 0.872. The van der Waals surface area contributed by atoms with Gasteiger partial charge in [0, 0.05) is 13.0 Å². The molecule has 46 valence electrons. The molecule has 3 heteroatoms. The van der Waals surface area contributed by atoms with E-state index in [1.807, 2.05) is 0 Å². The van der Waals surface area contributed by atoms with Crippen molar-refractivity contribution < 1.29 is 4.42 Å². The van der Waals surface area contributed by atoms with Crippen LogP contribution < -0.4 is 5.32 Å². The number of nitrogens with zero attached hydrogens (tertiary/aromatic N) is 1. The van der Waals surface area contributed by atoms with Crippen molar-refractivity contribution in [2.24, 2.45) is 0 Å². The molecule has 2 rings (SSSR count). The zero-order valence-electron chi connectivity index (χ0n) is 4.85. The number of rotatable bonds is 0. The maximum Gasteiger partial charge on any atom is 0.181 e. The van der Waals surface area contributed by atoms with Crippen molar-refractivity contribution >= 4 is 0 Å². The molecule has 0 aromatic carbocycles. The number of hydrogen-bond acceptors (Lipinski definition) is 3. The minimum Gasteiger partial charge on any atom is -0.448 e. The Kier molecular flexibility index (Phi) is 1.02. The Hall–Kier alpha value is -0.830. The summed E-state index contributed by atoms with van der Waals surface area (Å²) in [6.45, 7) is 3.79. The lowest BCUT2D eigenvalue weighted by molar-refractivity contribution is 0.490. The van der Waals surface area contributed by atoms with Crippen molar-refractivity contribution in [3.63, 3.8) is 0 Å². The molecule has 2 heterocycles. The van der Waals surface area contributed by atoms with Gasteiger partial charge in [0.25, 0.3) is 0 Å². The van der Waals surface area contributed by atoms with Crippen LogP contribution in [-0.2, 0) is 6.42 Å². The molecule has 0 spiro atoms. The highest BCUT2D eigenvalue weighted by Crippen LogP contribution is 2.11. The Bertz CT molecular complexity index is 186. The van der Waals surface area contributed by atoms with Gasteiger partial charge in [-0.2, -0.15) is 0 Å². The number of fused-ring (bicyclic) bond motifs is 1. The molecule has 1 N–H and O–H groups in total. The Morgan fingerprint density at radius 1 is 1.78 bits per heavy atom. The maximum absolute atomic E-state index is 5.04. The Morgan fingerprint density at radius 2 is 2.78 bits per heavy atom.